The largest absolute Gasteiger partial charge is 0.457 e. The van der Waals surface area contributed by atoms with Crippen LogP contribution >= 0.6 is 34.7 Å². The van der Waals surface area contributed by atoms with Crippen LogP contribution in [0.2, 0.25) is 0 Å². The van der Waals surface area contributed by atoms with Crippen LogP contribution in [0, 0.1) is 0 Å². The number of amides is 2. The number of β-lactam (4-membered cyclic amide) rings is 1. The lowest BCUT2D eigenvalue weighted by atomic mass is 10.0. The third-order valence-electron chi connectivity index (χ3n) is 6.77. The number of thiazole rings is 1. The zero-order valence-electron chi connectivity index (χ0n) is 25.2. The SMILES string of the molecule is CC(C)(C)OC(=O)CO/N=C(/C(=O)NC1C(=O)N2C(C(=O)OC(c3ccccc3)c3ccccc3)=C(CCl)CSC12)c1cscn1. The van der Waals surface area contributed by atoms with Gasteiger partial charge in [-0.3, -0.25) is 14.5 Å². The van der Waals surface area contributed by atoms with Crippen LogP contribution in [-0.4, -0.2) is 74.6 Å². The molecule has 1 N–H and O–H groups in total. The molecule has 0 spiro atoms. The number of benzene rings is 2. The van der Waals surface area contributed by atoms with E-state index in [9.17, 15) is 19.2 Å². The maximum Gasteiger partial charge on any atom is 0.356 e. The van der Waals surface area contributed by atoms with Gasteiger partial charge in [0.1, 0.15) is 28.4 Å². The lowest BCUT2D eigenvalue weighted by Crippen LogP contribution is -2.71. The number of alkyl halides is 1. The van der Waals surface area contributed by atoms with E-state index in [4.69, 9.17) is 25.9 Å². The zero-order valence-corrected chi connectivity index (χ0v) is 27.6. The number of aromatic nitrogens is 1. The van der Waals surface area contributed by atoms with E-state index in [1.807, 2.05) is 60.7 Å². The number of hydrogen-bond donors (Lipinski definition) is 1. The van der Waals surface area contributed by atoms with E-state index in [0.717, 1.165) is 11.1 Å². The number of rotatable bonds is 11. The van der Waals surface area contributed by atoms with Gasteiger partial charge in [0, 0.05) is 17.0 Å². The summed E-state index contributed by atoms with van der Waals surface area (Å²) in [7, 11) is 0. The molecule has 0 saturated carbocycles. The van der Waals surface area contributed by atoms with Crippen molar-refractivity contribution < 1.29 is 33.5 Å². The van der Waals surface area contributed by atoms with Gasteiger partial charge in [0.05, 0.1) is 5.51 Å². The van der Waals surface area contributed by atoms with E-state index in [1.54, 1.807) is 26.2 Å². The highest BCUT2D eigenvalue weighted by Crippen LogP contribution is 2.42. The maximum absolute atomic E-state index is 13.8. The summed E-state index contributed by atoms with van der Waals surface area (Å²) in [5.74, 6) is -2.25. The maximum atomic E-state index is 13.8. The first-order valence-corrected chi connectivity index (χ1v) is 16.7. The van der Waals surface area contributed by atoms with Crippen molar-refractivity contribution in [1.29, 1.82) is 0 Å². The average molecular weight is 683 g/mol. The molecule has 2 amide bonds. The Morgan fingerprint density at radius 3 is 2.30 bits per heavy atom. The summed E-state index contributed by atoms with van der Waals surface area (Å²) in [6.45, 7) is 4.61. The van der Waals surface area contributed by atoms with Gasteiger partial charge in [0.15, 0.2) is 11.8 Å². The third-order valence-corrected chi connectivity index (χ3v) is 9.02. The summed E-state index contributed by atoms with van der Waals surface area (Å²) < 4.78 is 11.3. The predicted octanol–water partition coefficient (Wildman–Crippen LogP) is 4.43. The Morgan fingerprint density at radius 1 is 1.09 bits per heavy atom. The van der Waals surface area contributed by atoms with Crippen molar-refractivity contribution in [2.24, 2.45) is 5.16 Å². The molecule has 0 aliphatic carbocycles. The van der Waals surface area contributed by atoms with Crippen molar-refractivity contribution in [2.45, 2.75) is 43.9 Å². The summed E-state index contributed by atoms with van der Waals surface area (Å²) in [6, 6.07) is 17.6. The number of hydrogen-bond acceptors (Lipinski definition) is 11. The lowest BCUT2D eigenvalue weighted by Gasteiger charge is -2.49. The van der Waals surface area contributed by atoms with Crippen LogP contribution in [0.5, 0.6) is 0 Å². The van der Waals surface area contributed by atoms with Gasteiger partial charge in [0.2, 0.25) is 6.61 Å². The fraction of sp³-hybridized carbons (Fsp3) is 0.312. The topological polar surface area (TPSA) is 136 Å². The van der Waals surface area contributed by atoms with Gasteiger partial charge in [-0.1, -0.05) is 65.8 Å². The molecule has 5 rings (SSSR count). The number of carbonyl (C=O) groups is 4. The van der Waals surface area contributed by atoms with E-state index in [2.05, 4.69) is 15.5 Å². The van der Waals surface area contributed by atoms with E-state index in [-0.39, 0.29) is 23.0 Å². The number of thioether (sulfide) groups is 1. The van der Waals surface area contributed by atoms with Crippen molar-refractivity contribution in [1.82, 2.24) is 15.2 Å². The highest BCUT2D eigenvalue weighted by molar-refractivity contribution is 8.00. The first-order chi connectivity index (χ1) is 22.1. The standard InChI is InChI=1S/C32H31ClN4O7S2/c1-32(2,3)44-23(38)15-42-36-24(22-17-45-18-34-22)28(39)35-25-29(40)37-26(21(14-33)16-46-30(25)37)31(41)43-27(19-10-6-4-7-11-19)20-12-8-5-9-13-20/h4-13,17-18,25,27,30H,14-16H2,1-3H3,(H,35,39)/b36-24+. The molecule has 2 aromatic carbocycles. The monoisotopic (exact) mass is 682 g/mol. The second-order valence-corrected chi connectivity index (χ2v) is 13.3. The third kappa shape index (κ3) is 7.60. The molecule has 3 aromatic rings. The Bertz CT molecular complexity index is 1600. The fourth-order valence-corrected chi connectivity index (χ4v) is 7.00. The Balaban J connectivity index is 1.32. The molecule has 2 unspecified atom stereocenters. The lowest BCUT2D eigenvalue weighted by molar-refractivity contribution is -0.160. The van der Waals surface area contributed by atoms with Crippen LogP contribution in [0.15, 0.2) is 88.0 Å². The molecule has 2 aliphatic heterocycles. The molecule has 1 aromatic heterocycles. The van der Waals surface area contributed by atoms with Crippen LogP contribution in [0.25, 0.3) is 0 Å². The minimum atomic E-state index is -0.981. The van der Waals surface area contributed by atoms with Crippen LogP contribution in [-0.2, 0) is 33.5 Å². The zero-order chi connectivity index (χ0) is 32.8. The molecular formula is C32H31ClN4O7S2. The fourth-order valence-electron chi connectivity index (χ4n) is 4.79. The summed E-state index contributed by atoms with van der Waals surface area (Å²) in [5.41, 5.74) is 2.91. The van der Waals surface area contributed by atoms with Gasteiger partial charge in [-0.05, 0) is 37.5 Å². The van der Waals surface area contributed by atoms with Crippen LogP contribution < -0.4 is 5.32 Å². The summed E-state index contributed by atoms with van der Waals surface area (Å²) in [4.78, 5) is 63.4. The Kier molecular flexibility index (Phi) is 10.4. The highest BCUT2D eigenvalue weighted by atomic mass is 35.5. The van der Waals surface area contributed by atoms with Gasteiger partial charge < -0.3 is 19.6 Å². The van der Waals surface area contributed by atoms with E-state index < -0.39 is 53.5 Å². The number of ether oxygens (including phenoxy) is 2. The molecule has 1 fully saturated rings. The number of carbonyl (C=O) groups excluding carboxylic acids is 4. The Hall–Kier alpha value is -4.20. The minimum Gasteiger partial charge on any atom is -0.457 e. The van der Waals surface area contributed by atoms with Crippen molar-refractivity contribution in [3.63, 3.8) is 0 Å². The number of oxime groups is 1. The Labute approximate surface area is 278 Å². The Morgan fingerprint density at radius 2 is 1.74 bits per heavy atom. The number of fused-ring (bicyclic) bond motifs is 1. The molecule has 46 heavy (non-hydrogen) atoms. The van der Waals surface area contributed by atoms with Gasteiger partial charge in [-0.25, -0.2) is 14.6 Å². The molecule has 0 bridgehead atoms. The smallest absolute Gasteiger partial charge is 0.356 e. The van der Waals surface area contributed by atoms with Crippen molar-refractivity contribution in [3.05, 3.63) is 99.6 Å². The molecule has 0 radical (unpaired) electrons. The van der Waals surface area contributed by atoms with Crippen LogP contribution in [0.3, 0.4) is 0 Å². The molecule has 2 aliphatic rings. The van der Waals surface area contributed by atoms with Gasteiger partial charge >= 0.3 is 11.9 Å². The second kappa shape index (κ2) is 14.5. The first kappa shape index (κ1) is 33.2. The molecular weight excluding hydrogens is 652 g/mol. The van der Waals surface area contributed by atoms with Gasteiger partial charge in [-0.2, -0.15) is 0 Å². The first-order valence-electron chi connectivity index (χ1n) is 14.2. The highest BCUT2D eigenvalue weighted by Gasteiger charge is 2.55. The molecule has 14 heteroatoms. The summed E-state index contributed by atoms with van der Waals surface area (Å²) in [5, 5.41) is 7.53. The molecule has 2 atom stereocenters. The minimum absolute atomic E-state index is 0.0158. The molecule has 3 heterocycles. The van der Waals surface area contributed by atoms with Gasteiger partial charge in [-0.15, -0.1) is 34.7 Å². The normalized spacial score (nSPS) is 18.1. The molecule has 1 saturated heterocycles. The van der Waals surface area contributed by atoms with Gasteiger partial charge in [0.25, 0.3) is 11.8 Å². The number of halogens is 1. The van der Waals surface area contributed by atoms with Crippen LogP contribution in [0.4, 0.5) is 0 Å². The quantitative estimate of drug-likeness (QED) is 0.102. The second-order valence-electron chi connectivity index (χ2n) is 11.2. The van der Waals surface area contributed by atoms with E-state index >= 15 is 0 Å². The number of nitrogens with one attached hydrogen (secondary N) is 1. The van der Waals surface area contributed by atoms with Crippen LogP contribution in [0.1, 0.15) is 43.7 Å². The van der Waals surface area contributed by atoms with Crippen molar-refractivity contribution in [3.8, 4) is 0 Å². The number of nitrogens with zero attached hydrogens (tertiary/aromatic N) is 3. The average Bonchev–Trinajstić information content (AvgIpc) is 3.58. The van der Waals surface area contributed by atoms with Crippen molar-refractivity contribution in [2.75, 3.05) is 18.2 Å². The summed E-state index contributed by atoms with van der Waals surface area (Å²) >= 11 is 8.84. The van der Waals surface area contributed by atoms with Crippen molar-refractivity contribution >= 4 is 64.2 Å². The number of esters is 2. The molecule has 240 valence electrons. The molecule has 11 nitrogen and oxygen atoms in total. The van der Waals surface area contributed by atoms with E-state index in [0.29, 0.717) is 11.3 Å². The predicted molar refractivity (Wildman–Crippen MR) is 174 cm³/mol. The van der Waals surface area contributed by atoms with E-state index in [1.165, 1.54) is 33.5 Å². The summed E-state index contributed by atoms with van der Waals surface area (Å²) in [6.07, 6.45) is -0.726.